The van der Waals surface area contributed by atoms with Gasteiger partial charge in [0, 0.05) is 17.6 Å². The molecule has 0 atom stereocenters. The lowest BCUT2D eigenvalue weighted by atomic mass is 10.3. The second kappa shape index (κ2) is 4.45. The molecule has 3 nitrogen and oxygen atoms in total. The Kier molecular flexibility index (Phi) is 2.81. The highest BCUT2D eigenvalue weighted by Gasteiger charge is 2.15. The van der Waals surface area contributed by atoms with Crippen LogP contribution in [0.1, 0.15) is 25.7 Å². The fourth-order valence-corrected chi connectivity index (χ4v) is 2.64. The zero-order chi connectivity index (χ0) is 11.7. The van der Waals surface area contributed by atoms with Gasteiger partial charge in [-0.1, -0.05) is 25.1 Å². The van der Waals surface area contributed by atoms with Gasteiger partial charge in [-0.15, -0.1) is 0 Å². The Hall–Kier alpha value is -1.42. The van der Waals surface area contributed by atoms with E-state index < -0.39 is 0 Å². The first-order valence-electron chi connectivity index (χ1n) is 6.08. The van der Waals surface area contributed by atoms with Crippen molar-refractivity contribution in [1.82, 2.24) is 9.66 Å². The second-order valence-corrected chi connectivity index (χ2v) is 4.95. The maximum Gasteiger partial charge on any atom is 0.159 e. The Morgan fingerprint density at radius 1 is 1.24 bits per heavy atom. The average molecular weight is 245 g/mol. The van der Waals surface area contributed by atoms with E-state index in [1.807, 2.05) is 29.1 Å². The Morgan fingerprint density at radius 3 is 2.88 bits per heavy atom. The molecule has 2 heterocycles. The number of pyridine rings is 2. The molecule has 0 spiro atoms. The molecule has 1 aliphatic carbocycles. The van der Waals surface area contributed by atoms with Crippen molar-refractivity contribution in [3.63, 3.8) is 0 Å². The van der Waals surface area contributed by atoms with Gasteiger partial charge in [0.1, 0.15) is 4.64 Å². The summed E-state index contributed by atoms with van der Waals surface area (Å²) in [6.07, 6.45) is 6.88. The van der Waals surface area contributed by atoms with E-state index in [0.717, 1.165) is 15.7 Å². The van der Waals surface area contributed by atoms with Crippen LogP contribution in [0, 0.1) is 4.64 Å². The minimum Gasteiger partial charge on any atom is -0.320 e. The maximum absolute atomic E-state index is 5.37. The fraction of sp³-hybridized carbons (Fsp3) is 0.385. The monoisotopic (exact) mass is 245 g/mol. The van der Waals surface area contributed by atoms with Gasteiger partial charge < -0.3 is 5.43 Å². The van der Waals surface area contributed by atoms with Gasteiger partial charge in [0.2, 0.25) is 0 Å². The average Bonchev–Trinajstić information content (AvgIpc) is 2.86. The van der Waals surface area contributed by atoms with Gasteiger partial charge in [0.25, 0.3) is 0 Å². The first kappa shape index (κ1) is 10.7. The highest BCUT2D eigenvalue weighted by molar-refractivity contribution is 7.71. The summed E-state index contributed by atoms with van der Waals surface area (Å²) in [6, 6.07) is 8.53. The minimum absolute atomic E-state index is 0.536. The Labute approximate surface area is 105 Å². The van der Waals surface area contributed by atoms with Crippen LogP contribution in [-0.4, -0.2) is 15.7 Å². The number of hydrogen-bond acceptors (Lipinski definition) is 3. The largest absolute Gasteiger partial charge is 0.320 e. The number of rotatable bonds is 2. The lowest BCUT2D eigenvalue weighted by Crippen LogP contribution is -2.26. The highest BCUT2D eigenvalue weighted by atomic mass is 32.1. The van der Waals surface area contributed by atoms with Crippen LogP contribution in [0.4, 0.5) is 0 Å². The third-order valence-corrected chi connectivity index (χ3v) is 3.64. The van der Waals surface area contributed by atoms with E-state index in [2.05, 4.69) is 16.5 Å². The van der Waals surface area contributed by atoms with Crippen molar-refractivity contribution in [3.05, 3.63) is 35.1 Å². The third-order valence-electron chi connectivity index (χ3n) is 3.32. The molecule has 4 heteroatoms. The molecule has 0 saturated heterocycles. The summed E-state index contributed by atoms with van der Waals surface area (Å²) in [6.45, 7) is 0. The van der Waals surface area contributed by atoms with Crippen LogP contribution in [0.5, 0.6) is 0 Å². The van der Waals surface area contributed by atoms with Crippen molar-refractivity contribution in [2.75, 3.05) is 5.43 Å². The van der Waals surface area contributed by atoms with Crippen molar-refractivity contribution in [1.29, 1.82) is 0 Å². The summed E-state index contributed by atoms with van der Waals surface area (Å²) in [7, 11) is 0. The molecule has 2 aromatic heterocycles. The number of nitrogens with one attached hydrogen (secondary N) is 1. The lowest BCUT2D eigenvalue weighted by molar-refractivity contribution is 0.658. The van der Waals surface area contributed by atoms with Crippen molar-refractivity contribution in [2.45, 2.75) is 31.7 Å². The van der Waals surface area contributed by atoms with Gasteiger partial charge in [-0.3, -0.25) is 0 Å². The zero-order valence-corrected chi connectivity index (χ0v) is 10.4. The van der Waals surface area contributed by atoms with E-state index in [4.69, 9.17) is 12.2 Å². The second-order valence-electron chi connectivity index (χ2n) is 4.53. The van der Waals surface area contributed by atoms with Crippen molar-refractivity contribution in [2.24, 2.45) is 0 Å². The Morgan fingerprint density at radius 2 is 2.06 bits per heavy atom. The van der Waals surface area contributed by atoms with Crippen LogP contribution in [0.2, 0.25) is 0 Å². The molecule has 0 radical (unpaired) electrons. The van der Waals surface area contributed by atoms with E-state index in [0.29, 0.717) is 6.04 Å². The normalized spacial score (nSPS) is 16.5. The molecule has 1 N–H and O–H groups in total. The molecule has 1 aliphatic rings. The quantitative estimate of drug-likeness (QED) is 0.824. The molecule has 0 aromatic carbocycles. The first-order valence-corrected chi connectivity index (χ1v) is 6.49. The number of nitrogens with zero attached hydrogens (tertiary/aromatic N) is 2. The minimum atomic E-state index is 0.536. The summed E-state index contributed by atoms with van der Waals surface area (Å²) in [5.41, 5.74) is 4.43. The lowest BCUT2D eigenvalue weighted by Gasteiger charge is -2.18. The molecule has 0 unspecified atom stereocenters. The molecule has 88 valence electrons. The third kappa shape index (κ3) is 2.05. The maximum atomic E-state index is 5.37. The van der Waals surface area contributed by atoms with Crippen LogP contribution < -0.4 is 5.43 Å². The van der Waals surface area contributed by atoms with Crippen LogP contribution in [0.25, 0.3) is 11.0 Å². The topological polar surface area (TPSA) is 29.9 Å². The SMILES string of the molecule is S=c1ccc2cccnc2n1NC1CCCC1. The number of aromatic nitrogens is 2. The van der Waals surface area contributed by atoms with Gasteiger partial charge in [-0.25, -0.2) is 9.66 Å². The smallest absolute Gasteiger partial charge is 0.159 e. The Balaban J connectivity index is 2.06. The number of fused-ring (bicyclic) bond motifs is 1. The summed E-state index contributed by atoms with van der Waals surface area (Å²) in [5.74, 6) is 0. The molecule has 1 saturated carbocycles. The highest BCUT2D eigenvalue weighted by Crippen LogP contribution is 2.20. The predicted octanol–water partition coefficient (Wildman–Crippen LogP) is 3.25. The van der Waals surface area contributed by atoms with E-state index in [9.17, 15) is 0 Å². The van der Waals surface area contributed by atoms with Crippen LogP contribution in [0.15, 0.2) is 30.5 Å². The van der Waals surface area contributed by atoms with Crippen molar-refractivity contribution < 1.29 is 0 Å². The van der Waals surface area contributed by atoms with Gasteiger partial charge in [-0.05, 0) is 37.1 Å². The van der Waals surface area contributed by atoms with Gasteiger partial charge in [-0.2, -0.15) is 0 Å². The van der Waals surface area contributed by atoms with E-state index >= 15 is 0 Å². The molecule has 2 aromatic rings. The van der Waals surface area contributed by atoms with E-state index in [-0.39, 0.29) is 0 Å². The summed E-state index contributed by atoms with van der Waals surface area (Å²) < 4.78 is 2.75. The Bertz CT molecular complexity index is 584. The standard InChI is InChI=1S/C13H15N3S/c17-12-8-7-10-4-3-9-14-13(10)16(12)15-11-5-1-2-6-11/h3-4,7-9,11,15H,1-2,5-6H2. The van der Waals surface area contributed by atoms with Crippen LogP contribution >= 0.6 is 12.2 Å². The van der Waals surface area contributed by atoms with E-state index in [1.54, 1.807) is 0 Å². The summed E-state index contributed by atoms with van der Waals surface area (Å²) >= 11 is 5.37. The van der Waals surface area contributed by atoms with Gasteiger partial charge in [0.15, 0.2) is 5.65 Å². The first-order chi connectivity index (χ1) is 8.34. The fourth-order valence-electron chi connectivity index (χ4n) is 2.43. The molecule has 3 rings (SSSR count). The van der Waals surface area contributed by atoms with Gasteiger partial charge >= 0.3 is 0 Å². The molecule has 0 aliphatic heterocycles. The zero-order valence-electron chi connectivity index (χ0n) is 9.60. The molecular weight excluding hydrogens is 230 g/mol. The van der Waals surface area contributed by atoms with Crippen molar-refractivity contribution >= 4 is 23.3 Å². The molecule has 17 heavy (non-hydrogen) atoms. The molecular formula is C13H15N3S. The molecule has 0 amide bonds. The number of hydrogen-bond donors (Lipinski definition) is 1. The molecule has 1 fully saturated rings. The van der Waals surface area contributed by atoms with Crippen molar-refractivity contribution in [3.8, 4) is 0 Å². The molecule has 0 bridgehead atoms. The summed E-state index contributed by atoms with van der Waals surface area (Å²) in [4.78, 5) is 4.42. The summed E-state index contributed by atoms with van der Waals surface area (Å²) in [5, 5.41) is 1.12. The predicted molar refractivity (Wildman–Crippen MR) is 72.2 cm³/mol. The van der Waals surface area contributed by atoms with E-state index in [1.165, 1.54) is 25.7 Å². The van der Waals surface area contributed by atoms with Crippen LogP contribution in [-0.2, 0) is 0 Å². The van der Waals surface area contributed by atoms with Crippen LogP contribution in [0.3, 0.4) is 0 Å². The van der Waals surface area contributed by atoms with Gasteiger partial charge in [0.05, 0.1) is 0 Å².